The minimum atomic E-state index is -3.51. The molecule has 0 unspecified atom stereocenters. The summed E-state index contributed by atoms with van der Waals surface area (Å²) in [4.78, 5) is 23.1. The van der Waals surface area contributed by atoms with Crippen LogP contribution in [0.2, 0.25) is 0 Å². The Labute approximate surface area is 88.7 Å². The van der Waals surface area contributed by atoms with Crippen molar-refractivity contribution < 1.29 is 35.1 Å². The number of aliphatic hydroxyl groups is 4. The molecule has 7 N–H and O–H groups in total. The first-order valence-electron chi connectivity index (χ1n) is 3.46. The normalized spacial score (nSPS) is 11.9. The average Bonchev–Trinajstić information content (AvgIpc) is 2.07. The van der Waals surface area contributed by atoms with E-state index in [-0.39, 0.29) is 0 Å². The Hall–Kier alpha value is 0.669. The van der Waals surface area contributed by atoms with Crippen LogP contribution in [0.5, 0.6) is 0 Å². The number of rotatable bonds is 4. The van der Waals surface area contributed by atoms with Crippen LogP contribution >= 0.6 is 6.19 Å². The fraction of sp³-hybridized carbons (Fsp3) is 1.00. The van der Waals surface area contributed by atoms with Crippen LogP contribution in [0.3, 0.4) is 0 Å². The van der Waals surface area contributed by atoms with Crippen molar-refractivity contribution in [3.63, 3.8) is 0 Å². The maximum atomic E-state index is 8.50. The van der Waals surface area contributed by atoms with E-state index < -0.39 is 38.0 Å². The van der Waals surface area contributed by atoms with E-state index in [2.05, 4.69) is 0 Å². The molecule has 0 heterocycles. The Morgan fingerprint density at radius 2 is 0.929 bits per heavy atom. The van der Waals surface area contributed by atoms with Crippen molar-refractivity contribution in [2.24, 2.45) is 5.41 Å². The fourth-order valence-corrected chi connectivity index (χ4v) is 0.300. The van der Waals surface area contributed by atoms with Crippen LogP contribution < -0.4 is 0 Å². The van der Waals surface area contributed by atoms with E-state index in [4.69, 9.17) is 35.1 Å². The van der Waals surface area contributed by atoms with Crippen molar-refractivity contribution in [2.75, 3.05) is 26.4 Å². The summed E-state index contributed by atoms with van der Waals surface area (Å²) in [5.74, 6) is 0. The molecule has 0 aromatic carbocycles. The van der Waals surface area contributed by atoms with Gasteiger partial charge in [0.15, 0.2) is 0 Å². The van der Waals surface area contributed by atoms with Gasteiger partial charge in [-0.2, -0.15) is 0 Å². The van der Waals surface area contributed by atoms with Gasteiger partial charge < -0.3 is 20.4 Å². The van der Waals surface area contributed by atoms with Gasteiger partial charge in [-0.05, 0) is 0 Å². The Morgan fingerprint density at radius 1 is 0.786 bits per heavy atom. The fourth-order valence-electron chi connectivity index (χ4n) is 0.300. The predicted octanol–water partition coefficient (Wildman–Crippen LogP) is -3.25. The molecule has 0 aliphatic rings. The Balaban J connectivity index is 0. The van der Waals surface area contributed by atoms with Gasteiger partial charge in [0.1, 0.15) is 0 Å². The van der Waals surface area contributed by atoms with Gasteiger partial charge in [0.2, 0.25) is 0 Å². The molecule has 88 valence electrons. The molecule has 14 heavy (non-hydrogen) atoms. The van der Waals surface area contributed by atoms with E-state index in [1.807, 2.05) is 0 Å². The SMILES string of the molecule is OCC(CO)(CO)CO.OP(O)(O)=[Se]. The molecular formula is C5H15O7PSe. The van der Waals surface area contributed by atoms with Crippen LogP contribution in [0, 0.1) is 5.41 Å². The molecule has 0 spiro atoms. The van der Waals surface area contributed by atoms with Gasteiger partial charge in [-0.3, -0.25) is 0 Å². The molecule has 0 saturated heterocycles. The third kappa shape index (κ3) is 10.7. The zero-order chi connectivity index (χ0) is 11.8. The summed E-state index contributed by atoms with van der Waals surface area (Å²) in [7, 11) is 0. The topological polar surface area (TPSA) is 142 Å². The van der Waals surface area contributed by atoms with Crippen LogP contribution in [0.4, 0.5) is 0 Å². The van der Waals surface area contributed by atoms with Crippen molar-refractivity contribution in [3.05, 3.63) is 0 Å². The molecule has 0 fully saturated rings. The Bertz CT molecular complexity index is 151. The van der Waals surface area contributed by atoms with Gasteiger partial charge in [-0.25, -0.2) is 0 Å². The quantitative estimate of drug-likeness (QED) is 0.213. The number of hydrogen-bond acceptors (Lipinski definition) is 7. The van der Waals surface area contributed by atoms with Gasteiger partial charge >= 0.3 is 36.0 Å². The molecule has 0 bridgehead atoms. The molecule has 0 saturated carbocycles. The molecule has 0 amide bonds. The summed E-state index contributed by atoms with van der Waals surface area (Å²) in [6.45, 7) is -1.62. The number of aliphatic hydroxyl groups excluding tert-OH is 4. The average molecular weight is 297 g/mol. The summed E-state index contributed by atoms with van der Waals surface area (Å²) in [6, 6.07) is 0. The summed E-state index contributed by atoms with van der Waals surface area (Å²) in [5.41, 5.74) is -1.11. The van der Waals surface area contributed by atoms with Gasteiger partial charge in [0.25, 0.3) is 0 Å². The van der Waals surface area contributed by atoms with Gasteiger partial charge in [-0.1, -0.05) is 0 Å². The van der Waals surface area contributed by atoms with Crippen LogP contribution in [0.15, 0.2) is 0 Å². The monoisotopic (exact) mass is 298 g/mol. The molecule has 0 aromatic heterocycles. The summed E-state index contributed by atoms with van der Waals surface area (Å²) < 4.78 is 0. The third-order valence-corrected chi connectivity index (χ3v) is 1.34. The summed E-state index contributed by atoms with van der Waals surface area (Å²) in [5, 5.41) is 34.0. The van der Waals surface area contributed by atoms with Crippen LogP contribution in [-0.2, 0) is 0 Å². The Morgan fingerprint density at radius 3 is 0.929 bits per heavy atom. The first kappa shape index (κ1) is 17.1. The molecule has 0 aliphatic carbocycles. The first-order chi connectivity index (χ1) is 6.24. The van der Waals surface area contributed by atoms with E-state index in [0.717, 1.165) is 0 Å². The van der Waals surface area contributed by atoms with Gasteiger partial charge in [0, 0.05) is 0 Å². The first-order valence-corrected chi connectivity index (χ1v) is 7.33. The zero-order valence-electron chi connectivity index (χ0n) is 7.31. The molecule has 0 rings (SSSR count). The molecule has 0 radical (unpaired) electrons. The van der Waals surface area contributed by atoms with E-state index in [9.17, 15) is 0 Å². The van der Waals surface area contributed by atoms with Crippen molar-refractivity contribution in [1.82, 2.24) is 0 Å². The number of hydrogen-bond donors (Lipinski definition) is 7. The van der Waals surface area contributed by atoms with E-state index in [1.165, 1.54) is 0 Å². The van der Waals surface area contributed by atoms with E-state index in [1.54, 1.807) is 15.1 Å². The second-order valence-corrected chi connectivity index (χ2v) is 6.76. The molecule has 0 atom stereocenters. The maximum absolute atomic E-state index is 8.50. The van der Waals surface area contributed by atoms with E-state index >= 15 is 0 Å². The standard InChI is InChI=1S/C5H12O4.H3O3PSe/c6-1-5(2-7,3-8)4-9;1-4(2,3)5/h6-9H,1-4H2;(H3,1,2,3,5). The minimum absolute atomic E-state index is 0.406. The zero-order valence-corrected chi connectivity index (χ0v) is 9.92. The van der Waals surface area contributed by atoms with Crippen LogP contribution in [0.25, 0.3) is 0 Å². The second-order valence-electron chi connectivity index (χ2n) is 2.65. The van der Waals surface area contributed by atoms with E-state index in [0.29, 0.717) is 0 Å². The molecule has 0 aromatic rings. The van der Waals surface area contributed by atoms with Gasteiger partial charge in [0.05, 0.1) is 31.8 Å². The van der Waals surface area contributed by atoms with Crippen molar-refractivity contribution in [3.8, 4) is 0 Å². The summed E-state index contributed by atoms with van der Waals surface area (Å²) >= 11 is 1.76. The Kier molecular flexibility index (Phi) is 9.63. The molecule has 7 nitrogen and oxygen atoms in total. The van der Waals surface area contributed by atoms with Crippen molar-refractivity contribution in [2.45, 2.75) is 0 Å². The van der Waals surface area contributed by atoms with Crippen LogP contribution in [0.1, 0.15) is 0 Å². The summed E-state index contributed by atoms with van der Waals surface area (Å²) in [6.07, 6.45) is -3.51. The second kappa shape index (κ2) is 7.90. The third-order valence-electron chi connectivity index (χ3n) is 1.34. The predicted molar refractivity (Wildman–Crippen MR) is 50.1 cm³/mol. The molecule has 0 aliphatic heterocycles. The van der Waals surface area contributed by atoms with Crippen molar-refractivity contribution >= 4 is 21.3 Å². The van der Waals surface area contributed by atoms with Crippen LogP contribution in [-0.4, -0.2) is 76.6 Å². The van der Waals surface area contributed by atoms with Gasteiger partial charge in [-0.15, -0.1) is 0 Å². The molecular weight excluding hydrogens is 282 g/mol. The molecule has 9 heteroatoms. The van der Waals surface area contributed by atoms with Crippen molar-refractivity contribution in [1.29, 1.82) is 0 Å².